The molecular formula is C19H14N4OS. The van der Waals surface area contributed by atoms with Crippen molar-refractivity contribution in [2.75, 3.05) is 5.73 Å². The Morgan fingerprint density at radius 3 is 2.56 bits per heavy atom. The summed E-state index contributed by atoms with van der Waals surface area (Å²) in [5.74, 6) is 0.936. The smallest absolute Gasteiger partial charge is 0.247 e. The van der Waals surface area contributed by atoms with Gasteiger partial charge in [0, 0.05) is 16.5 Å². The summed E-state index contributed by atoms with van der Waals surface area (Å²) < 4.78 is 5.95. The highest BCUT2D eigenvalue weighted by Crippen LogP contribution is 2.36. The van der Waals surface area contributed by atoms with E-state index in [1.54, 1.807) is 6.20 Å². The number of aromatic nitrogens is 3. The van der Waals surface area contributed by atoms with E-state index in [0.29, 0.717) is 22.3 Å². The van der Waals surface area contributed by atoms with Crippen molar-refractivity contribution < 1.29 is 4.74 Å². The minimum atomic E-state index is 0.326. The van der Waals surface area contributed by atoms with Crippen LogP contribution >= 0.6 is 11.8 Å². The van der Waals surface area contributed by atoms with Crippen molar-refractivity contribution in [2.45, 2.75) is 9.92 Å². The lowest BCUT2D eigenvalue weighted by atomic mass is 10.2. The highest BCUT2D eigenvalue weighted by Gasteiger charge is 2.13. The van der Waals surface area contributed by atoms with Crippen molar-refractivity contribution in [3.8, 4) is 11.6 Å². The molecular weight excluding hydrogens is 332 g/mol. The van der Waals surface area contributed by atoms with Crippen LogP contribution in [0.15, 0.2) is 83.1 Å². The first-order valence-electron chi connectivity index (χ1n) is 7.66. The van der Waals surface area contributed by atoms with Crippen molar-refractivity contribution in [3.05, 3.63) is 73.2 Å². The Bertz CT molecular complexity index is 1020. The Morgan fingerprint density at radius 2 is 1.68 bits per heavy atom. The van der Waals surface area contributed by atoms with Crippen molar-refractivity contribution >= 4 is 28.4 Å². The van der Waals surface area contributed by atoms with Gasteiger partial charge in [-0.05, 0) is 24.3 Å². The molecule has 0 saturated carbocycles. The summed E-state index contributed by atoms with van der Waals surface area (Å²) in [7, 11) is 0. The van der Waals surface area contributed by atoms with Crippen LogP contribution in [0.25, 0.3) is 10.9 Å². The van der Waals surface area contributed by atoms with Gasteiger partial charge in [-0.1, -0.05) is 48.2 Å². The zero-order valence-corrected chi connectivity index (χ0v) is 14.0. The Kier molecular flexibility index (Phi) is 4.18. The molecule has 6 heteroatoms. The molecule has 2 aromatic heterocycles. The lowest BCUT2D eigenvalue weighted by molar-refractivity contribution is 0.466. The molecule has 0 aliphatic rings. The molecule has 4 aromatic rings. The number of pyridine rings is 1. The normalized spacial score (nSPS) is 10.7. The number of nitrogen functional groups attached to an aromatic ring is 1. The van der Waals surface area contributed by atoms with Crippen LogP contribution in [-0.4, -0.2) is 15.0 Å². The number of benzene rings is 2. The van der Waals surface area contributed by atoms with E-state index < -0.39 is 0 Å². The average Bonchev–Trinajstić information content (AvgIpc) is 2.66. The van der Waals surface area contributed by atoms with Crippen molar-refractivity contribution in [1.82, 2.24) is 15.0 Å². The van der Waals surface area contributed by atoms with E-state index in [-0.39, 0.29) is 0 Å². The number of hydrogen-bond donors (Lipinski definition) is 1. The molecule has 0 fully saturated rings. The molecule has 2 heterocycles. The van der Waals surface area contributed by atoms with Crippen LogP contribution in [0, 0.1) is 0 Å². The van der Waals surface area contributed by atoms with Crippen molar-refractivity contribution in [1.29, 1.82) is 0 Å². The van der Waals surface area contributed by atoms with Crippen molar-refractivity contribution in [2.24, 2.45) is 0 Å². The van der Waals surface area contributed by atoms with Crippen LogP contribution in [0.4, 0.5) is 5.69 Å². The van der Waals surface area contributed by atoms with Crippen molar-refractivity contribution in [3.63, 3.8) is 0 Å². The second-order valence-corrected chi connectivity index (χ2v) is 6.31. The van der Waals surface area contributed by atoms with E-state index in [1.165, 1.54) is 18.1 Å². The van der Waals surface area contributed by atoms with Gasteiger partial charge in [-0.2, -0.15) is 4.98 Å². The Balaban J connectivity index is 1.68. The van der Waals surface area contributed by atoms with Crippen LogP contribution in [-0.2, 0) is 0 Å². The van der Waals surface area contributed by atoms with Crippen LogP contribution in [0.5, 0.6) is 11.6 Å². The molecule has 0 bridgehead atoms. The van der Waals surface area contributed by atoms with Gasteiger partial charge in [0.1, 0.15) is 22.6 Å². The second kappa shape index (κ2) is 6.78. The van der Waals surface area contributed by atoms with E-state index in [1.807, 2.05) is 60.7 Å². The molecule has 2 aromatic carbocycles. The fourth-order valence-corrected chi connectivity index (χ4v) is 3.20. The Hall–Kier alpha value is -3.12. The maximum Gasteiger partial charge on any atom is 0.247 e. The molecule has 0 spiro atoms. The maximum atomic E-state index is 6.23. The van der Waals surface area contributed by atoms with Crippen LogP contribution in [0.2, 0.25) is 0 Å². The van der Waals surface area contributed by atoms with E-state index in [9.17, 15) is 0 Å². The monoisotopic (exact) mass is 346 g/mol. The third-order valence-corrected chi connectivity index (χ3v) is 4.60. The summed E-state index contributed by atoms with van der Waals surface area (Å²) in [5, 5.41) is 1.65. The summed E-state index contributed by atoms with van der Waals surface area (Å²) in [6.45, 7) is 0. The van der Waals surface area contributed by atoms with E-state index >= 15 is 0 Å². The fourth-order valence-electron chi connectivity index (χ4n) is 2.39. The average molecular weight is 346 g/mol. The first kappa shape index (κ1) is 15.4. The summed E-state index contributed by atoms with van der Waals surface area (Å²) in [4.78, 5) is 13.9. The van der Waals surface area contributed by atoms with Crippen LogP contribution in [0.1, 0.15) is 0 Å². The zero-order valence-electron chi connectivity index (χ0n) is 13.2. The number of anilines is 1. The van der Waals surface area contributed by atoms with E-state index in [0.717, 1.165) is 15.8 Å². The first-order chi connectivity index (χ1) is 12.3. The van der Waals surface area contributed by atoms with Gasteiger partial charge in [0.05, 0.1) is 0 Å². The molecule has 0 aliphatic heterocycles. The lowest BCUT2D eigenvalue weighted by Crippen LogP contribution is -1.99. The number of para-hydroxylation sites is 1. The molecule has 5 nitrogen and oxygen atoms in total. The number of nitrogens with two attached hydrogens (primary N) is 1. The molecule has 4 rings (SSSR count). The largest absolute Gasteiger partial charge is 0.435 e. The van der Waals surface area contributed by atoms with Crippen LogP contribution < -0.4 is 10.5 Å². The maximum absolute atomic E-state index is 6.23. The van der Waals surface area contributed by atoms with Gasteiger partial charge >= 0.3 is 0 Å². The number of ether oxygens (including phenoxy) is 1. The molecule has 0 amide bonds. The summed E-state index contributed by atoms with van der Waals surface area (Å²) in [6, 6.07) is 19.5. The number of nitrogens with zero attached hydrogens (tertiary/aromatic N) is 3. The quantitative estimate of drug-likeness (QED) is 0.546. The minimum absolute atomic E-state index is 0.326. The predicted molar refractivity (Wildman–Crippen MR) is 98.8 cm³/mol. The first-order valence-corrected chi connectivity index (χ1v) is 8.48. The third-order valence-electron chi connectivity index (χ3n) is 3.57. The molecule has 25 heavy (non-hydrogen) atoms. The molecule has 0 atom stereocenters. The van der Waals surface area contributed by atoms with Gasteiger partial charge < -0.3 is 10.5 Å². The SMILES string of the molecule is Nc1c(Oc2cccc3cccnc23)ncnc1Sc1ccccc1. The molecule has 0 aliphatic carbocycles. The van der Waals surface area contributed by atoms with Gasteiger partial charge in [0.25, 0.3) is 0 Å². The lowest BCUT2D eigenvalue weighted by Gasteiger charge is -2.11. The zero-order chi connectivity index (χ0) is 17.1. The molecule has 0 unspecified atom stereocenters. The van der Waals surface area contributed by atoms with Gasteiger partial charge in [-0.25, -0.2) is 4.98 Å². The second-order valence-electron chi connectivity index (χ2n) is 5.25. The summed E-state index contributed by atoms with van der Waals surface area (Å²) in [6.07, 6.45) is 3.19. The molecule has 0 radical (unpaired) electrons. The predicted octanol–water partition coefficient (Wildman–Crippen LogP) is 4.55. The summed E-state index contributed by atoms with van der Waals surface area (Å²) >= 11 is 1.47. The highest BCUT2D eigenvalue weighted by molar-refractivity contribution is 7.99. The Morgan fingerprint density at radius 1 is 0.840 bits per heavy atom. The van der Waals surface area contributed by atoms with Gasteiger partial charge in [-0.15, -0.1) is 0 Å². The van der Waals surface area contributed by atoms with E-state index in [4.69, 9.17) is 10.5 Å². The van der Waals surface area contributed by atoms with Gasteiger partial charge in [0.15, 0.2) is 5.75 Å². The van der Waals surface area contributed by atoms with Gasteiger partial charge in [-0.3, -0.25) is 4.98 Å². The molecule has 2 N–H and O–H groups in total. The summed E-state index contributed by atoms with van der Waals surface area (Å²) in [5.41, 5.74) is 7.40. The molecule has 0 saturated heterocycles. The van der Waals surface area contributed by atoms with Crippen LogP contribution in [0.3, 0.4) is 0 Å². The standard InChI is InChI=1S/C19H14N4OS/c20-16-18(22-12-23-19(16)25-14-8-2-1-3-9-14)24-15-10-4-6-13-7-5-11-21-17(13)15/h1-12H,20H2. The topological polar surface area (TPSA) is 73.9 Å². The third kappa shape index (κ3) is 3.25. The van der Waals surface area contributed by atoms with E-state index in [2.05, 4.69) is 15.0 Å². The fraction of sp³-hybridized carbons (Fsp3) is 0. The van der Waals surface area contributed by atoms with Gasteiger partial charge in [0.2, 0.25) is 5.88 Å². The minimum Gasteiger partial charge on any atom is -0.435 e. The number of fused-ring (bicyclic) bond motifs is 1. The highest BCUT2D eigenvalue weighted by atomic mass is 32.2. The number of hydrogen-bond acceptors (Lipinski definition) is 6. The Labute approximate surface area is 148 Å². The number of rotatable bonds is 4. The molecule has 122 valence electrons.